The maximum atomic E-state index is 12.1. The van der Waals surface area contributed by atoms with E-state index >= 15 is 0 Å². The standard InChI is InChI=1S/C21H22IO4/c1-4-25-21(24)13(2)15-9-10-18-16(11-15)12-20(26-14(3)23)17-7-5-6-8-19(17)22-18/h5-11,13,20H,4,12H2,1-3H3/q+1. The molecule has 1 aliphatic rings. The average molecular weight is 465 g/mol. The van der Waals surface area contributed by atoms with Crippen molar-refractivity contribution in [1.82, 2.24) is 0 Å². The van der Waals surface area contributed by atoms with E-state index in [2.05, 4.69) is 24.3 Å². The number of carbonyl (C=O) groups excluding carboxylic acids is 2. The summed E-state index contributed by atoms with van der Waals surface area (Å²) >= 11 is -0.368. The molecule has 4 nitrogen and oxygen atoms in total. The molecule has 0 saturated carbocycles. The molecule has 3 rings (SSSR count). The van der Waals surface area contributed by atoms with E-state index in [4.69, 9.17) is 9.47 Å². The first-order valence-electron chi connectivity index (χ1n) is 8.70. The van der Waals surface area contributed by atoms with Gasteiger partial charge in [0.15, 0.2) is 3.57 Å². The zero-order valence-electron chi connectivity index (χ0n) is 15.1. The fourth-order valence-electron chi connectivity index (χ4n) is 3.06. The van der Waals surface area contributed by atoms with E-state index in [1.165, 1.54) is 14.1 Å². The van der Waals surface area contributed by atoms with Crippen molar-refractivity contribution in [2.24, 2.45) is 0 Å². The first-order chi connectivity index (χ1) is 12.5. The number of carbonyl (C=O) groups is 2. The van der Waals surface area contributed by atoms with Crippen LogP contribution in [0.25, 0.3) is 0 Å². The van der Waals surface area contributed by atoms with Gasteiger partial charge in [-0.05, 0) is 31.5 Å². The average Bonchev–Trinajstić information content (AvgIpc) is 2.76. The van der Waals surface area contributed by atoms with E-state index in [9.17, 15) is 9.59 Å². The van der Waals surface area contributed by atoms with Crippen LogP contribution in [0.1, 0.15) is 49.5 Å². The van der Waals surface area contributed by atoms with Crippen molar-refractivity contribution in [3.63, 3.8) is 0 Å². The molecule has 0 amide bonds. The van der Waals surface area contributed by atoms with Gasteiger partial charge in [-0.15, -0.1) is 0 Å². The normalized spacial score (nSPS) is 16.7. The Morgan fingerprint density at radius 3 is 2.69 bits per heavy atom. The minimum absolute atomic E-state index is 0.212. The van der Waals surface area contributed by atoms with E-state index in [0.29, 0.717) is 13.0 Å². The maximum absolute atomic E-state index is 12.1. The van der Waals surface area contributed by atoms with Crippen molar-refractivity contribution in [1.29, 1.82) is 0 Å². The van der Waals surface area contributed by atoms with Gasteiger partial charge in [-0.1, -0.05) is 30.3 Å². The summed E-state index contributed by atoms with van der Waals surface area (Å²) in [5.41, 5.74) is 3.21. The number of rotatable bonds is 4. The summed E-state index contributed by atoms with van der Waals surface area (Å²) in [4.78, 5) is 23.7. The van der Waals surface area contributed by atoms with Crippen molar-refractivity contribution in [2.75, 3.05) is 6.61 Å². The van der Waals surface area contributed by atoms with E-state index in [1.807, 2.05) is 32.0 Å². The Bertz CT molecular complexity index is 831. The fraction of sp³-hybridized carbons (Fsp3) is 0.333. The first-order valence-corrected chi connectivity index (χ1v) is 10.9. The van der Waals surface area contributed by atoms with Gasteiger partial charge in [0, 0.05) is 24.5 Å². The Labute approximate surface area is 164 Å². The number of benzene rings is 2. The molecule has 0 spiro atoms. The number of esters is 2. The van der Waals surface area contributed by atoms with E-state index in [0.717, 1.165) is 16.7 Å². The molecule has 0 radical (unpaired) electrons. The molecule has 0 aromatic heterocycles. The maximum Gasteiger partial charge on any atom is 0.358 e. The third-order valence-corrected chi connectivity index (χ3v) is 7.58. The SMILES string of the molecule is CCOC(=O)C(C)c1ccc2c(c1)CC(OC(C)=O)c1ccccc1[I+]2. The third kappa shape index (κ3) is 4.09. The van der Waals surface area contributed by atoms with E-state index in [1.54, 1.807) is 0 Å². The summed E-state index contributed by atoms with van der Waals surface area (Å²) in [5, 5.41) is 0. The zero-order chi connectivity index (χ0) is 18.7. The quantitative estimate of drug-likeness (QED) is 0.492. The molecule has 0 saturated heterocycles. The molecule has 0 fully saturated rings. The van der Waals surface area contributed by atoms with Crippen LogP contribution in [0.3, 0.4) is 0 Å². The Morgan fingerprint density at radius 1 is 1.19 bits per heavy atom. The van der Waals surface area contributed by atoms with Crippen LogP contribution in [0.15, 0.2) is 42.5 Å². The molecular formula is C21H22IO4+. The van der Waals surface area contributed by atoms with Crippen LogP contribution in [0, 0.1) is 7.14 Å². The lowest BCUT2D eigenvalue weighted by Crippen LogP contribution is -3.61. The molecule has 0 N–H and O–H groups in total. The Balaban J connectivity index is 1.97. The molecule has 136 valence electrons. The minimum Gasteiger partial charge on any atom is -0.466 e. The second-order valence-electron chi connectivity index (χ2n) is 6.24. The van der Waals surface area contributed by atoms with Crippen LogP contribution in [-0.4, -0.2) is 18.5 Å². The molecule has 1 aliphatic heterocycles. The Kier molecular flexibility index (Phi) is 5.96. The van der Waals surface area contributed by atoms with Gasteiger partial charge in [0.25, 0.3) is 0 Å². The van der Waals surface area contributed by atoms with Gasteiger partial charge >= 0.3 is 33.1 Å². The summed E-state index contributed by atoms with van der Waals surface area (Å²) in [6.07, 6.45) is 0.354. The topological polar surface area (TPSA) is 52.6 Å². The van der Waals surface area contributed by atoms with Crippen LogP contribution in [-0.2, 0) is 25.5 Å². The van der Waals surface area contributed by atoms with Gasteiger partial charge in [-0.2, -0.15) is 0 Å². The number of halogens is 1. The summed E-state index contributed by atoms with van der Waals surface area (Å²) in [6.45, 7) is 5.50. The minimum atomic E-state index is -0.368. The highest BCUT2D eigenvalue weighted by atomic mass is 127. The third-order valence-electron chi connectivity index (χ3n) is 4.38. The molecule has 0 aliphatic carbocycles. The highest BCUT2D eigenvalue weighted by Crippen LogP contribution is 2.26. The number of hydrogen-bond acceptors (Lipinski definition) is 4. The van der Waals surface area contributed by atoms with Crippen LogP contribution >= 0.6 is 0 Å². The molecule has 2 aromatic carbocycles. The van der Waals surface area contributed by atoms with Crippen LogP contribution in [0.2, 0.25) is 0 Å². The summed E-state index contributed by atoms with van der Waals surface area (Å²) < 4.78 is 13.4. The molecule has 1 heterocycles. The van der Waals surface area contributed by atoms with Gasteiger partial charge < -0.3 is 9.47 Å². The zero-order valence-corrected chi connectivity index (χ0v) is 17.3. The van der Waals surface area contributed by atoms with Gasteiger partial charge in [-0.25, -0.2) is 0 Å². The largest absolute Gasteiger partial charge is 0.466 e. The molecule has 5 heteroatoms. The Hall–Kier alpha value is -1.89. The monoisotopic (exact) mass is 465 g/mol. The number of hydrogen-bond donors (Lipinski definition) is 0. The smallest absolute Gasteiger partial charge is 0.358 e. The lowest BCUT2D eigenvalue weighted by Gasteiger charge is -2.16. The summed E-state index contributed by atoms with van der Waals surface area (Å²) in [6, 6.07) is 14.4. The fourth-order valence-corrected chi connectivity index (χ4v) is 6.00. The van der Waals surface area contributed by atoms with Gasteiger partial charge in [0.1, 0.15) is 6.10 Å². The van der Waals surface area contributed by atoms with Crippen molar-refractivity contribution < 1.29 is 40.3 Å². The molecule has 26 heavy (non-hydrogen) atoms. The second-order valence-corrected chi connectivity index (χ2v) is 9.11. The van der Waals surface area contributed by atoms with Crippen molar-refractivity contribution in [3.05, 3.63) is 66.3 Å². The lowest BCUT2D eigenvalue weighted by atomic mass is 9.95. The highest BCUT2D eigenvalue weighted by molar-refractivity contribution is 5.77. The molecule has 2 aromatic rings. The van der Waals surface area contributed by atoms with Crippen LogP contribution < -0.4 is 21.2 Å². The van der Waals surface area contributed by atoms with Crippen LogP contribution in [0.5, 0.6) is 0 Å². The number of ether oxygens (including phenoxy) is 2. The van der Waals surface area contributed by atoms with Crippen molar-refractivity contribution in [2.45, 2.75) is 39.2 Å². The lowest BCUT2D eigenvalue weighted by molar-refractivity contribution is -0.598. The highest BCUT2D eigenvalue weighted by Gasteiger charge is 2.34. The first kappa shape index (κ1) is 18.9. The van der Waals surface area contributed by atoms with Gasteiger partial charge in [0.05, 0.1) is 12.5 Å². The van der Waals surface area contributed by atoms with Crippen molar-refractivity contribution >= 4 is 11.9 Å². The second kappa shape index (κ2) is 8.20. The van der Waals surface area contributed by atoms with Gasteiger partial charge in [-0.3, -0.25) is 9.59 Å². The summed E-state index contributed by atoms with van der Waals surface area (Å²) in [5.74, 6) is -0.797. The Morgan fingerprint density at radius 2 is 1.96 bits per heavy atom. The number of fused-ring (bicyclic) bond motifs is 2. The van der Waals surface area contributed by atoms with E-state index < -0.39 is 0 Å². The predicted molar refractivity (Wildman–Crippen MR) is 93.5 cm³/mol. The predicted octanol–water partition coefficient (Wildman–Crippen LogP) is 0.642. The van der Waals surface area contributed by atoms with Crippen molar-refractivity contribution in [3.8, 4) is 0 Å². The van der Waals surface area contributed by atoms with Crippen LogP contribution in [0.4, 0.5) is 0 Å². The molecule has 2 unspecified atom stereocenters. The van der Waals surface area contributed by atoms with Gasteiger partial charge in [0.2, 0.25) is 3.57 Å². The van der Waals surface area contributed by atoms with E-state index in [-0.39, 0.29) is 45.2 Å². The summed E-state index contributed by atoms with van der Waals surface area (Å²) in [7, 11) is 0. The molecule has 2 atom stereocenters. The molecular weight excluding hydrogens is 443 g/mol. The molecule has 0 bridgehead atoms.